The van der Waals surface area contributed by atoms with E-state index in [2.05, 4.69) is 12.1 Å². The van der Waals surface area contributed by atoms with Crippen LogP contribution in [0.3, 0.4) is 0 Å². The standard InChI is InChI=1S/C35H38FNO7S/c1-42-32-22-21-30(23-33(32)43-2)45(40,41)34(27-15-19-29(20-16-27)44-24-26-13-17-28(36)18-14-26)31(35(38)37-39)12-8-4-7-11-25-9-5-3-6-10-25/h3,5-6,9-10,13-23,31,34,39H,4,7-8,11-12,24H2,1-2H3,(H,37,38). The van der Waals surface area contributed by atoms with Gasteiger partial charge in [0.25, 0.3) is 0 Å². The van der Waals surface area contributed by atoms with Gasteiger partial charge >= 0.3 is 0 Å². The monoisotopic (exact) mass is 635 g/mol. The van der Waals surface area contributed by atoms with Crippen molar-refractivity contribution in [3.8, 4) is 17.2 Å². The van der Waals surface area contributed by atoms with Crippen LogP contribution in [-0.2, 0) is 27.7 Å². The number of aryl methyl sites for hydroxylation is 1. The topological polar surface area (TPSA) is 111 Å². The average Bonchev–Trinajstić information content (AvgIpc) is 3.07. The summed E-state index contributed by atoms with van der Waals surface area (Å²) in [6, 6.07) is 26.7. The molecule has 4 aromatic rings. The molecule has 0 fully saturated rings. The van der Waals surface area contributed by atoms with Crippen molar-refractivity contribution in [2.24, 2.45) is 5.92 Å². The largest absolute Gasteiger partial charge is 0.493 e. The number of amides is 1. The van der Waals surface area contributed by atoms with Crippen LogP contribution in [0.4, 0.5) is 4.39 Å². The molecule has 0 aliphatic rings. The second-order valence-electron chi connectivity index (χ2n) is 10.6. The highest BCUT2D eigenvalue weighted by atomic mass is 32.2. The first-order chi connectivity index (χ1) is 21.8. The summed E-state index contributed by atoms with van der Waals surface area (Å²) in [5, 5.41) is 8.37. The maximum Gasteiger partial charge on any atom is 0.248 e. The van der Waals surface area contributed by atoms with Crippen molar-refractivity contribution in [2.45, 2.75) is 48.9 Å². The van der Waals surface area contributed by atoms with Crippen molar-refractivity contribution in [1.82, 2.24) is 5.48 Å². The molecule has 0 aromatic heterocycles. The van der Waals surface area contributed by atoms with Crippen molar-refractivity contribution >= 4 is 15.7 Å². The summed E-state index contributed by atoms with van der Waals surface area (Å²) in [5.74, 6) is -1.18. The second kappa shape index (κ2) is 16.1. The Hall–Kier alpha value is -4.41. The van der Waals surface area contributed by atoms with Crippen LogP contribution in [0.15, 0.2) is 102 Å². The number of unbranched alkanes of at least 4 members (excludes halogenated alkanes) is 2. The SMILES string of the molecule is COc1ccc(S(=O)(=O)C(c2ccc(OCc3ccc(F)cc3)cc2)C(CCCCCc2ccccc2)C(=O)NO)cc1OC. The molecular weight excluding hydrogens is 597 g/mol. The first-order valence-corrected chi connectivity index (χ1v) is 16.2. The van der Waals surface area contributed by atoms with Gasteiger partial charge in [0, 0.05) is 6.07 Å². The van der Waals surface area contributed by atoms with E-state index in [1.54, 1.807) is 41.9 Å². The smallest absolute Gasteiger partial charge is 0.248 e. The van der Waals surface area contributed by atoms with Gasteiger partial charge < -0.3 is 14.2 Å². The summed E-state index contributed by atoms with van der Waals surface area (Å²) >= 11 is 0. The summed E-state index contributed by atoms with van der Waals surface area (Å²) in [6.07, 6.45) is 3.29. The van der Waals surface area contributed by atoms with Crippen LogP contribution in [0.25, 0.3) is 0 Å². The Morgan fingerprint density at radius 1 is 0.822 bits per heavy atom. The number of carbonyl (C=O) groups is 1. The number of hydroxylamine groups is 1. The van der Waals surface area contributed by atoms with Gasteiger partial charge in [-0.1, -0.05) is 67.4 Å². The van der Waals surface area contributed by atoms with Crippen LogP contribution in [-0.4, -0.2) is 33.8 Å². The molecule has 45 heavy (non-hydrogen) atoms. The molecule has 0 aliphatic carbocycles. The molecule has 2 unspecified atom stereocenters. The molecule has 0 spiro atoms. The molecule has 2 N–H and O–H groups in total. The molecule has 0 radical (unpaired) electrons. The van der Waals surface area contributed by atoms with Gasteiger partial charge in [0.05, 0.1) is 25.0 Å². The Balaban J connectivity index is 1.62. The Morgan fingerprint density at radius 3 is 2.16 bits per heavy atom. The number of halogens is 1. The zero-order chi connectivity index (χ0) is 32.2. The number of carbonyl (C=O) groups excluding carboxylic acids is 1. The maximum absolute atomic E-state index is 14.3. The summed E-state index contributed by atoms with van der Waals surface area (Å²) in [6.45, 7) is 0.186. The van der Waals surface area contributed by atoms with E-state index in [1.807, 2.05) is 18.2 Å². The molecule has 4 rings (SSSR count). The van der Waals surface area contributed by atoms with E-state index in [-0.39, 0.29) is 29.5 Å². The summed E-state index contributed by atoms with van der Waals surface area (Å²) in [7, 11) is -1.34. The van der Waals surface area contributed by atoms with Crippen molar-refractivity contribution in [1.29, 1.82) is 0 Å². The third-order valence-corrected chi connectivity index (χ3v) is 9.86. The predicted octanol–water partition coefficient (Wildman–Crippen LogP) is 6.86. The summed E-state index contributed by atoms with van der Waals surface area (Å²) in [4.78, 5) is 13.1. The first-order valence-electron chi connectivity index (χ1n) is 14.7. The number of rotatable bonds is 16. The minimum atomic E-state index is -4.21. The first kappa shape index (κ1) is 33.5. The van der Waals surface area contributed by atoms with E-state index in [0.29, 0.717) is 23.5 Å². The molecule has 1 amide bonds. The fourth-order valence-corrected chi connectivity index (χ4v) is 7.32. The van der Waals surface area contributed by atoms with Crippen LogP contribution in [0.2, 0.25) is 0 Å². The number of sulfone groups is 1. The van der Waals surface area contributed by atoms with Crippen LogP contribution in [0.1, 0.15) is 47.6 Å². The van der Waals surface area contributed by atoms with Gasteiger partial charge in [-0.3, -0.25) is 10.0 Å². The second-order valence-corrected chi connectivity index (χ2v) is 12.7. The summed E-state index contributed by atoms with van der Waals surface area (Å²) in [5.41, 5.74) is 4.03. The van der Waals surface area contributed by atoms with Crippen LogP contribution in [0.5, 0.6) is 17.2 Å². The van der Waals surface area contributed by atoms with Gasteiger partial charge in [0.2, 0.25) is 5.91 Å². The highest BCUT2D eigenvalue weighted by molar-refractivity contribution is 7.91. The molecule has 0 saturated carbocycles. The van der Waals surface area contributed by atoms with E-state index >= 15 is 0 Å². The van der Waals surface area contributed by atoms with E-state index in [0.717, 1.165) is 24.8 Å². The maximum atomic E-state index is 14.3. The molecule has 10 heteroatoms. The molecule has 0 bridgehead atoms. The number of nitrogens with one attached hydrogen (secondary N) is 1. The van der Waals surface area contributed by atoms with E-state index in [9.17, 15) is 22.8 Å². The Bertz CT molecular complexity index is 1630. The van der Waals surface area contributed by atoms with Crippen molar-refractivity contribution in [2.75, 3.05) is 14.2 Å². The van der Waals surface area contributed by atoms with Gasteiger partial charge in [-0.25, -0.2) is 18.3 Å². The lowest BCUT2D eigenvalue weighted by molar-refractivity contribution is -0.133. The lowest BCUT2D eigenvalue weighted by Gasteiger charge is -2.27. The molecular formula is C35H38FNO7S. The summed E-state index contributed by atoms with van der Waals surface area (Å²) < 4.78 is 58.4. The Labute approximate surface area is 263 Å². The van der Waals surface area contributed by atoms with Crippen LogP contribution >= 0.6 is 0 Å². The average molecular weight is 636 g/mol. The van der Waals surface area contributed by atoms with Gasteiger partial charge in [-0.05, 0) is 72.4 Å². The molecule has 238 valence electrons. The lowest BCUT2D eigenvalue weighted by atomic mass is 9.92. The van der Waals surface area contributed by atoms with Crippen molar-refractivity contribution in [3.05, 3.63) is 120 Å². The highest BCUT2D eigenvalue weighted by Crippen LogP contribution is 2.41. The van der Waals surface area contributed by atoms with E-state index in [1.165, 1.54) is 50.1 Å². The number of hydrogen-bond donors (Lipinski definition) is 2. The van der Waals surface area contributed by atoms with Crippen molar-refractivity contribution in [3.63, 3.8) is 0 Å². The lowest BCUT2D eigenvalue weighted by Crippen LogP contribution is -2.35. The van der Waals surface area contributed by atoms with Gasteiger partial charge in [0.15, 0.2) is 21.3 Å². The van der Waals surface area contributed by atoms with Crippen LogP contribution < -0.4 is 19.7 Å². The number of hydrogen-bond acceptors (Lipinski definition) is 7. The third-order valence-electron chi connectivity index (χ3n) is 7.68. The normalized spacial score (nSPS) is 12.6. The van der Waals surface area contributed by atoms with Crippen molar-refractivity contribution < 1.29 is 37.0 Å². The molecule has 0 aliphatic heterocycles. The quantitative estimate of drug-likeness (QED) is 0.0786. The third kappa shape index (κ3) is 8.83. The number of methoxy groups -OCH3 is 2. The zero-order valence-electron chi connectivity index (χ0n) is 25.3. The number of benzene rings is 4. The van der Waals surface area contributed by atoms with Crippen LogP contribution in [0, 0.1) is 11.7 Å². The molecule has 4 aromatic carbocycles. The van der Waals surface area contributed by atoms with Gasteiger partial charge in [0.1, 0.15) is 23.4 Å². The number of ether oxygens (including phenoxy) is 3. The van der Waals surface area contributed by atoms with Gasteiger partial charge in [-0.2, -0.15) is 0 Å². The fourth-order valence-electron chi connectivity index (χ4n) is 5.29. The van der Waals surface area contributed by atoms with Gasteiger partial charge in [-0.15, -0.1) is 0 Å². The molecule has 0 heterocycles. The Morgan fingerprint density at radius 2 is 1.51 bits per heavy atom. The Kier molecular flexibility index (Phi) is 11.9. The minimum Gasteiger partial charge on any atom is -0.493 e. The predicted molar refractivity (Wildman–Crippen MR) is 169 cm³/mol. The van der Waals surface area contributed by atoms with E-state index < -0.39 is 26.9 Å². The molecule has 0 saturated heterocycles. The highest BCUT2D eigenvalue weighted by Gasteiger charge is 2.40. The molecule has 2 atom stereocenters. The minimum absolute atomic E-state index is 0.0541. The molecule has 8 nitrogen and oxygen atoms in total. The zero-order valence-corrected chi connectivity index (χ0v) is 26.1. The fraction of sp³-hybridized carbons (Fsp3) is 0.286. The van der Waals surface area contributed by atoms with E-state index in [4.69, 9.17) is 14.2 Å².